The summed E-state index contributed by atoms with van der Waals surface area (Å²) in [5, 5.41) is 3.10. The van der Waals surface area contributed by atoms with Gasteiger partial charge in [0.2, 0.25) is 15.9 Å². The number of hydrogen-bond acceptors (Lipinski definition) is 6. The lowest BCUT2D eigenvalue weighted by Crippen LogP contribution is -2.48. The Bertz CT molecular complexity index is 1440. The minimum Gasteiger partial charge on any atom is -0.369 e. The Kier molecular flexibility index (Phi) is 7.70. The van der Waals surface area contributed by atoms with E-state index in [9.17, 15) is 13.2 Å². The highest BCUT2D eigenvalue weighted by atomic mass is 35.5. The molecule has 1 saturated carbocycles. The van der Waals surface area contributed by atoms with Crippen molar-refractivity contribution in [1.29, 1.82) is 0 Å². The highest BCUT2D eigenvalue weighted by Crippen LogP contribution is 2.41. The van der Waals surface area contributed by atoms with Gasteiger partial charge in [0.1, 0.15) is 4.21 Å². The number of amides is 1. The molecule has 2 aromatic carbocycles. The van der Waals surface area contributed by atoms with E-state index < -0.39 is 10.0 Å². The zero-order valence-electron chi connectivity index (χ0n) is 21.7. The Morgan fingerprint density at radius 3 is 2.33 bits per heavy atom. The van der Waals surface area contributed by atoms with E-state index in [2.05, 4.69) is 56.2 Å². The monoisotopic (exact) mass is 584 g/mol. The van der Waals surface area contributed by atoms with E-state index in [0.717, 1.165) is 68.9 Å². The van der Waals surface area contributed by atoms with Crippen LogP contribution in [0.5, 0.6) is 0 Å². The van der Waals surface area contributed by atoms with Crippen LogP contribution in [0.4, 0.5) is 11.4 Å². The predicted octanol–water partition coefficient (Wildman–Crippen LogP) is 4.63. The smallest absolute Gasteiger partial charge is 0.250 e. The second-order valence-corrected chi connectivity index (χ2v) is 14.5. The van der Waals surface area contributed by atoms with Gasteiger partial charge >= 0.3 is 0 Å². The maximum absolute atomic E-state index is 13.0. The van der Waals surface area contributed by atoms with Crippen LogP contribution in [0.2, 0.25) is 4.34 Å². The van der Waals surface area contributed by atoms with Gasteiger partial charge in [0.05, 0.1) is 10.9 Å². The number of rotatable bonds is 7. The fourth-order valence-electron chi connectivity index (χ4n) is 6.37. The van der Waals surface area contributed by atoms with Crippen molar-refractivity contribution in [2.24, 2.45) is 11.8 Å². The summed E-state index contributed by atoms with van der Waals surface area (Å²) in [6.45, 7) is 3.89. The lowest BCUT2D eigenvalue weighted by atomic mass is 9.93. The van der Waals surface area contributed by atoms with Crippen molar-refractivity contribution in [2.75, 3.05) is 42.9 Å². The number of nitrogens with one attached hydrogen (secondary N) is 2. The Labute approximate surface area is 239 Å². The van der Waals surface area contributed by atoms with Crippen molar-refractivity contribution < 1.29 is 13.2 Å². The molecule has 2 N–H and O–H groups in total. The van der Waals surface area contributed by atoms with E-state index in [1.807, 2.05) is 12.1 Å². The van der Waals surface area contributed by atoms with E-state index in [4.69, 9.17) is 11.6 Å². The van der Waals surface area contributed by atoms with Crippen LogP contribution in [0.1, 0.15) is 24.0 Å². The Balaban J connectivity index is 1.06. The number of benzene rings is 2. The molecule has 2 aliphatic carbocycles. The summed E-state index contributed by atoms with van der Waals surface area (Å²) in [7, 11) is -3.61. The second kappa shape index (κ2) is 11.2. The zero-order chi connectivity index (χ0) is 27.0. The second-order valence-electron chi connectivity index (χ2n) is 10.8. The lowest BCUT2D eigenvalue weighted by molar-refractivity contribution is -0.117. The van der Waals surface area contributed by atoms with Gasteiger partial charge in [-0.25, -0.2) is 13.1 Å². The molecule has 3 atom stereocenters. The number of piperazine rings is 1. The Morgan fingerprint density at radius 1 is 0.923 bits per heavy atom. The number of thiophene rings is 1. The van der Waals surface area contributed by atoms with Crippen molar-refractivity contribution in [2.45, 2.75) is 35.9 Å². The number of hydrogen-bond donors (Lipinski definition) is 2. The van der Waals surface area contributed by atoms with Gasteiger partial charge in [0.25, 0.3) is 0 Å². The van der Waals surface area contributed by atoms with Crippen molar-refractivity contribution in [3.63, 3.8) is 0 Å². The minimum absolute atomic E-state index is 0.00139. The zero-order valence-corrected chi connectivity index (χ0v) is 24.1. The van der Waals surface area contributed by atoms with Crippen LogP contribution in [0.25, 0.3) is 0 Å². The molecule has 0 radical (unpaired) electrons. The lowest BCUT2D eigenvalue weighted by Gasteiger charge is -2.35. The van der Waals surface area contributed by atoms with Gasteiger partial charge in [0.15, 0.2) is 0 Å². The number of sulfonamides is 1. The fraction of sp³-hybridized carbons (Fsp3) is 0.414. The summed E-state index contributed by atoms with van der Waals surface area (Å²) in [4.78, 5) is 17.5. The fourth-order valence-corrected chi connectivity index (χ4v) is 9.24. The molecule has 206 valence electrons. The van der Waals surface area contributed by atoms with Gasteiger partial charge in [-0.05, 0) is 85.0 Å². The molecule has 7 nitrogen and oxygen atoms in total. The third-order valence-electron chi connectivity index (χ3n) is 8.34. The van der Waals surface area contributed by atoms with Crippen LogP contribution in [0, 0.1) is 11.8 Å². The van der Waals surface area contributed by atoms with Gasteiger partial charge in [0, 0.05) is 43.6 Å². The first-order chi connectivity index (χ1) is 18.8. The SMILES string of the molecule is O=C(CN1CCN(c2ccccc2)CC1)Nc1ccc2c(c1)CC1CCC(C2)C1NS(=O)(=O)c1ccc(Cl)s1. The van der Waals surface area contributed by atoms with Crippen LogP contribution in [-0.4, -0.2) is 58.0 Å². The van der Waals surface area contributed by atoms with Crippen LogP contribution in [0.3, 0.4) is 0 Å². The number of nitrogens with zero attached hydrogens (tertiary/aromatic N) is 2. The molecular weight excluding hydrogens is 552 g/mol. The summed E-state index contributed by atoms with van der Waals surface area (Å²) < 4.78 is 29.8. The van der Waals surface area contributed by atoms with Gasteiger partial charge in [-0.3, -0.25) is 9.69 Å². The van der Waals surface area contributed by atoms with E-state index in [0.29, 0.717) is 10.9 Å². The average molecular weight is 585 g/mol. The van der Waals surface area contributed by atoms with Crippen molar-refractivity contribution >= 4 is 50.2 Å². The van der Waals surface area contributed by atoms with Crippen LogP contribution in [-0.2, 0) is 27.7 Å². The van der Waals surface area contributed by atoms with Crippen molar-refractivity contribution in [3.05, 3.63) is 76.1 Å². The summed E-state index contributed by atoms with van der Waals surface area (Å²) in [5.41, 5.74) is 4.50. The van der Waals surface area contributed by atoms with Gasteiger partial charge < -0.3 is 10.2 Å². The number of carbonyl (C=O) groups is 1. The number of anilines is 2. The van der Waals surface area contributed by atoms with Crippen LogP contribution < -0.4 is 14.9 Å². The molecule has 1 saturated heterocycles. The van der Waals surface area contributed by atoms with Gasteiger partial charge in [-0.2, -0.15) is 0 Å². The predicted molar refractivity (Wildman–Crippen MR) is 157 cm³/mol. The first kappa shape index (κ1) is 26.8. The largest absolute Gasteiger partial charge is 0.369 e. The van der Waals surface area contributed by atoms with E-state index in [-0.39, 0.29) is 28.0 Å². The quantitative estimate of drug-likeness (QED) is 0.423. The van der Waals surface area contributed by atoms with E-state index in [1.165, 1.54) is 16.8 Å². The molecule has 3 aliphatic rings. The summed E-state index contributed by atoms with van der Waals surface area (Å²) >= 11 is 7.08. The molecule has 1 aliphatic heterocycles. The molecule has 6 rings (SSSR count). The first-order valence-electron chi connectivity index (χ1n) is 13.6. The Morgan fingerprint density at radius 2 is 1.64 bits per heavy atom. The first-order valence-corrected chi connectivity index (χ1v) is 16.2. The van der Waals surface area contributed by atoms with Gasteiger partial charge in [-0.15, -0.1) is 11.3 Å². The molecule has 0 spiro atoms. The molecule has 2 fully saturated rings. The number of para-hydroxylation sites is 1. The highest BCUT2D eigenvalue weighted by molar-refractivity contribution is 7.91. The molecule has 10 heteroatoms. The normalized spacial score (nSPS) is 23.3. The van der Waals surface area contributed by atoms with Crippen molar-refractivity contribution in [1.82, 2.24) is 9.62 Å². The highest BCUT2D eigenvalue weighted by Gasteiger charge is 2.41. The molecule has 1 aromatic heterocycles. The maximum atomic E-state index is 13.0. The standard InChI is InChI=1S/C29H33ClN4O3S2/c30-26-10-11-28(38-26)39(36,37)32-29-21-6-7-22(29)17-23-18-24(9-8-20(23)16-21)31-27(35)19-33-12-14-34(15-13-33)25-4-2-1-3-5-25/h1-5,8-11,18,21-22,29,32H,6-7,12-17,19H2,(H,31,35). The van der Waals surface area contributed by atoms with E-state index >= 15 is 0 Å². The average Bonchev–Trinajstić information content (AvgIpc) is 3.48. The summed E-state index contributed by atoms with van der Waals surface area (Å²) in [6.07, 6.45) is 3.64. The number of fused-ring (bicyclic) bond motifs is 3. The molecule has 39 heavy (non-hydrogen) atoms. The summed E-state index contributed by atoms with van der Waals surface area (Å²) in [5.74, 6) is 0.489. The molecule has 2 bridgehead atoms. The van der Waals surface area contributed by atoms with Crippen LogP contribution in [0.15, 0.2) is 64.9 Å². The Hall–Kier alpha value is -2.43. The van der Waals surface area contributed by atoms with Gasteiger partial charge in [-0.1, -0.05) is 35.9 Å². The molecule has 2 heterocycles. The third kappa shape index (κ3) is 6.02. The molecule has 3 aromatic rings. The maximum Gasteiger partial charge on any atom is 0.250 e. The third-order valence-corrected chi connectivity index (χ3v) is 11.5. The topological polar surface area (TPSA) is 81.8 Å². The van der Waals surface area contributed by atoms with Crippen LogP contribution >= 0.6 is 22.9 Å². The molecule has 1 amide bonds. The van der Waals surface area contributed by atoms with Crippen molar-refractivity contribution in [3.8, 4) is 0 Å². The number of halogens is 1. The molecular formula is C29H33ClN4O3S2. The molecule has 3 unspecified atom stereocenters. The van der Waals surface area contributed by atoms with E-state index in [1.54, 1.807) is 12.1 Å². The number of carbonyl (C=O) groups excluding carboxylic acids is 1. The minimum atomic E-state index is -3.61. The summed E-state index contributed by atoms with van der Waals surface area (Å²) in [6, 6.07) is 19.7.